The molecule has 0 N–H and O–H groups in total. The first-order valence-electron chi connectivity index (χ1n) is 5.82. The number of hydrogen-bond acceptors (Lipinski definition) is 4. The summed E-state index contributed by atoms with van der Waals surface area (Å²) in [7, 11) is 0. The first-order valence-corrected chi connectivity index (χ1v) is 5.82. The molecule has 0 aliphatic rings. The van der Waals surface area contributed by atoms with Crippen LogP contribution in [0.25, 0.3) is 0 Å². The molecule has 0 heterocycles. The first-order chi connectivity index (χ1) is 10.3. The molecule has 0 aromatic heterocycles. The van der Waals surface area contributed by atoms with E-state index in [0.717, 1.165) is 6.07 Å². The first kappa shape index (κ1) is 17.5. The third kappa shape index (κ3) is 4.48. The lowest BCUT2D eigenvalue weighted by molar-refractivity contribution is -0.155. The zero-order valence-electron chi connectivity index (χ0n) is 11.0. The number of esters is 2. The van der Waals surface area contributed by atoms with Crippen molar-refractivity contribution in [2.75, 3.05) is 13.2 Å². The van der Waals surface area contributed by atoms with Crippen LogP contribution in [0.1, 0.15) is 20.7 Å². The average molecular weight is 318 g/mol. The van der Waals surface area contributed by atoms with Crippen LogP contribution in [0.5, 0.6) is 0 Å². The van der Waals surface area contributed by atoms with E-state index >= 15 is 0 Å². The van der Waals surface area contributed by atoms with E-state index < -0.39 is 36.5 Å². The molecule has 1 aromatic rings. The van der Waals surface area contributed by atoms with Gasteiger partial charge >= 0.3 is 24.3 Å². The molecule has 0 bridgehead atoms. The van der Waals surface area contributed by atoms with Gasteiger partial charge in [-0.15, -0.1) is 6.42 Å². The van der Waals surface area contributed by atoms with Crippen LogP contribution < -0.4 is 0 Å². The standard InChI is InChI=1S/C14H10F4O4/c1-2-7-21-11(19)9-5-3-4-6-10(9)12(20)22-8-14(17,18)13(15)16/h1,3-6,13H,7-8H2. The molecule has 0 saturated carbocycles. The lowest BCUT2D eigenvalue weighted by Crippen LogP contribution is -2.33. The van der Waals surface area contributed by atoms with Crippen molar-refractivity contribution >= 4 is 11.9 Å². The molecule has 4 nitrogen and oxygen atoms in total. The SMILES string of the molecule is C#CCOC(=O)c1ccccc1C(=O)OCC(F)(F)C(F)F. The van der Waals surface area contributed by atoms with Gasteiger partial charge < -0.3 is 9.47 Å². The molecule has 1 aromatic carbocycles. The number of benzene rings is 1. The van der Waals surface area contributed by atoms with Crippen LogP contribution in [0.2, 0.25) is 0 Å². The number of halogens is 4. The van der Waals surface area contributed by atoms with Gasteiger partial charge in [-0.05, 0) is 12.1 Å². The van der Waals surface area contributed by atoms with Crippen LogP contribution in [-0.4, -0.2) is 37.5 Å². The molecule has 0 amide bonds. The Kier molecular flexibility index (Phi) is 5.92. The van der Waals surface area contributed by atoms with Gasteiger partial charge in [0.2, 0.25) is 0 Å². The second kappa shape index (κ2) is 7.45. The smallest absolute Gasteiger partial charge is 0.340 e. The van der Waals surface area contributed by atoms with E-state index in [1.54, 1.807) is 0 Å². The lowest BCUT2D eigenvalue weighted by Gasteiger charge is -2.15. The monoisotopic (exact) mass is 318 g/mol. The van der Waals surface area contributed by atoms with Crippen molar-refractivity contribution in [2.45, 2.75) is 12.3 Å². The number of hydrogen-bond donors (Lipinski definition) is 0. The van der Waals surface area contributed by atoms with Crippen LogP contribution in [0.15, 0.2) is 24.3 Å². The van der Waals surface area contributed by atoms with E-state index in [1.165, 1.54) is 18.2 Å². The Morgan fingerprint density at radius 2 is 1.64 bits per heavy atom. The molecule has 0 atom stereocenters. The highest BCUT2D eigenvalue weighted by atomic mass is 19.3. The van der Waals surface area contributed by atoms with E-state index in [1.807, 2.05) is 5.92 Å². The Morgan fingerprint density at radius 3 is 2.09 bits per heavy atom. The fourth-order valence-corrected chi connectivity index (χ4v) is 1.33. The van der Waals surface area contributed by atoms with Crippen LogP contribution >= 0.6 is 0 Å². The Labute approximate surface area is 123 Å². The highest BCUT2D eigenvalue weighted by molar-refractivity contribution is 6.03. The summed E-state index contributed by atoms with van der Waals surface area (Å²) in [6.45, 7) is -2.16. The molecule has 22 heavy (non-hydrogen) atoms. The minimum absolute atomic E-state index is 0.275. The summed E-state index contributed by atoms with van der Waals surface area (Å²) in [5.41, 5.74) is -0.669. The zero-order chi connectivity index (χ0) is 16.8. The topological polar surface area (TPSA) is 52.6 Å². The van der Waals surface area contributed by atoms with Crippen molar-refractivity contribution < 1.29 is 36.6 Å². The summed E-state index contributed by atoms with van der Waals surface area (Å²) in [5.74, 6) is -4.76. The van der Waals surface area contributed by atoms with E-state index in [9.17, 15) is 27.2 Å². The number of carbonyl (C=O) groups is 2. The van der Waals surface area contributed by atoms with E-state index in [4.69, 9.17) is 6.42 Å². The van der Waals surface area contributed by atoms with Crippen molar-refractivity contribution in [3.8, 4) is 12.3 Å². The van der Waals surface area contributed by atoms with E-state index in [-0.39, 0.29) is 12.2 Å². The van der Waals surface area contributed by atoms with Crippen LogP contribution in [0.3, 0.4) is 0 Å². The Hall–Kier alpha value is -2.56. The fraction of sp³-hybridized carbons (Fsp3) is 0.286. The van der Waals surface area contributed by atoms with Gasteiger partial charge in [-0.1, -0.05) is 18.1 Å². The summed E-state index contributed by atoms with van der Waals surface area (Å²) in [6, 6.07) is 5.01. The third-order valence-corrected chi connectivity index (χ3v) is 2.37. The molecule has 0 saturated heterocycles. The Bertz CT molecular complexity index is 593. The minimum atomic E-state index is -4.48. The summed E-state index contributed by atoms with van der Waals surface area (Å²) >= 11 is 0. The zero-order valence-corrected chi connectivity index (χ0v) is 11.0. The van der Waals surface area contributed by atoms with Gasteiger partial charge in [0.25, 0.3) is 0 Å². The number of alkyl halides is 4. The van der Waals surface area contributed by atoms with Gasteiger partial charge in [-0.3, -0.25) is 0 Å². The van der Waals surface area contributed by atoms with E-state index in [2.05, 4.69) is 9.47 Å². The number of carbonyl (C=O) groups excluding carboxylic acids is 2. The average Bonchev–Trinajstić information content (AvgIpc) is 2.50. The lowest BCUT2D eigenvalue weighted by atomic mass is 10.1. The van der Waals surface area contributed by atoms with Crippen molar-refractivity contribution in [1.29, 1.82) is 0 Å². The molecule has 0 radical (unpaired) electrons. The van der Waals surface area contributed by atoms with E-state index in [0.29, 0.717) is 0 Å². The third-order valence-electron chi connectivity index (χ3n) is 2.37. The Balaban J connectivity index is 2.86. The van der Waals surface area contributed by atoms with Gasteiger partial charge in [0, 0.05) is 0 Å². The highest BCUT2D eigenvalue weighted by Gasteiger charge is 2.42. The molecule has 0 spiro atoms. The molecular formula is C14H10F4O4. The van der Waals surface area contributed by atoms with Crippen molar-refractivity contribution in [1.82, 2.24) is 0 Å². The molecule has 118 valence electrons. The maximum Gasteiger partial charge on any atom is 0.340 e. The predicted octanol–water partition coefficient (Wildman–Crippen LogP) is 2.53. The van der Waals surface area contributed by atoms with Gasteiger partial charge in [0.1, 0.15) is 0 Å². The number of rotatable bonds is 6. The van der Waals surface area contributed by atoms with Crippen LogP contribution in [-0.2, 0) is 9.47 Å². The Morgan fingerprint density at radius 1 is 1.14 bits per heavy atom. The van der Waals surface area contributed by atoms with Gasteiger partial charge in [0.15, 0.2) is 13.2 Å². The molecule has 8 heteroatoms. The van der Waals surface area contributed by atoms with Crippen molar-refractivity contribution in [3.63, 3.8) is 0 Å². The van der Waals surface area contributed by atoms with Crippen molar-refractivity contribution in [3.05, 3.63) is 35.4 Å². The summed E-state index contributed by atoms with van der Waals surface area (Å²) < 4.78 is 58.1. The molecule has 0 unspecified atom stereocenters. The number of terminal acetylenes is 1. The molecule has 1 rings (SSSR count). The fourth-order valence-electron chi connectivity index (χ4n) is 1.33. The summed E-state index contributed by atoms with van der Waals surface area (Å²) in [5, 5.41) is 0. The molecular weight excluding hydrogens is 308 g/mol. The predicted molar refractivity (Wildman–Crippen MR) is 66.8 cm³/mol. The summed E-state index contributed by atoms with van der Waals surface area (Å²) in [6.07, 6.45) is 0.928. The second-order valence-electron chi connectivity index (χ2n) is 3.96. The maximum atomic E-state index is 12.7. The van der Waals surface area contributed by atoms with Crippen molar-refractivity contribution in [2.24, 2.45) is 0 Å². The minimum Gasteiger partial charge on any atom is -0.455 e. The maximum absolute atomic E-state index is 12.7. The summed E-state index contributed by atoms with van der Waals surface area (Å²) in [4.78, 5) is 23.3. The highest BCUT2D eigenvalue weighted by Crippen LogP contribution is 2.23. The largest absolute Gasteiger partial charge is 0.455 e. The van der Waals surface area contributed by atoms with Gasteiger partial charge in [-0.2, -0.15) is 8.78 Å². The molecule has 0 aliphatic carbocycles. The molecule has 0 fully saturated rings. The van der Waals surface area contributed by atoms with Crippen LogP contribution in [0, 0.1) is 12.3 Å². The quantitative estimate of drug-likeness (QED) is 0.459. The van der Waals surface area contributed by atoms with Crippen LogP contribution in [0.4, 0.5) is 17.6 Å². The number of ether oxygens (including phenoxy) is 2. The normalized spacial score (nSPS) is 10.9. The van der Waals surface area contributed by atoms with Gasteiger partial charge in [-0.25, -0.2) is 18.4 Å². The molecule has 0 aliphatic heterocycles. The van der Waals surface area contributed by atoms with Gasteiger partial charge in [0.05, 0.1) is 11.1 Å². The second-order valence-corrected chi connectivity index (χ2v) is 3.96.